The molecule has 1 unspecified atom stereocenters. The standard InChI is InChI=1S/C14H16N2OS/c15-10-14(17,12-4-2-1-3-5-12)11-18-13-6-8-16-9-7-13/h1-9,17H,10-11,15H2. The van der Waals surface area contributed by atoms with E-state index in [2.05, 4.69) is 4.98 Å². The number of aromatic nitrogens is 1. The Bertz CT molecular complexity index is 478. The van der Waals surface area contributed by atoms with Crippen molar-refractivity contribution in [1.29, 1.82) is 0 Å². The van der Waals surface area contributed by atoms with Crippen LogP contribution in [0.3, 0.4) is 0 Å². The van der Waals surface area contributed by atoms with Crippen molar-refractivity contribution in [2.24, 2.45) is 5.73 Å². The maximum Gasteiger partial charge on any atom is 0.111 e. The normalized spacial score (nSPS) is 14.1. The molecular formula is C14H16N2OS. The highest BCUT2D eigenvalue weighted by molar-refractivity contribution is 7.99. The lowest BCUT2D eigenvalue weighted by Crippen LogP contribution is -2.37. The van der Waals surface area contributed by atoms with Gasteiger partial charge in [0.2, 0.25) is 0 Å². The van der Waals surface area contributed by atoms with Gasteiger partial charge in [0, 0.05) is 29.6 Å². The molecule has 0 radical (unpaired) electrons. The van der Waals surface area contributed by atoms with Gasteiger partial charge in [-0.05, 0) is 17.7 Å². The predicted molar refractivity (Wildman–Crippen MR) is 74.4 cm³/mol. The van der Waals surface area contributed by atoms with Gasteiger partial charge in [0.1, 0.15) is 5.60 Å². The zero-order chi connectivity index (χ0) is 12.8. The first-order chi connectivity index (χ1) is 8.74. The molecule has 1 heterocycles. The molecule has 94 valence electrons. The zero-order valence-electron chi connectivity index (χ0n) is 9.99. The van der Waals surface area contributed by atoms with E-state index in [4.69, 9.17) is 5.73 Å². The number of hydrogen-bond acceptors (Lipinski definition) is 4. The Labute approximate surface area is 111 Å². The summed E-state index contributed by atoms with van der Waals surface area (Å²) in [6.07, 6.45) is 3.48. The minimum atomic E-state index is -0.991. The molecule has 2 aromatic rings. The fourth-order valence-corrected chi connectivity index (χ4v) is 2.65. The Hall–Kier alpha value is -1.36. The number of pyridine rings is 1. The van der Waals surface area contributed by atoms with Crippen LogP contribution in [0.4, 0.5) is 0 Å². The first kappa shape index (κ1) is 13.1. The molecule has 0 spiro atoms. The van der Waals surface area contributed by atoms with Crippen LogP contribution in [0.25, 0.3) is 0 Å². The Balaban J connectivity index is 2.10. The summed E-state index contributed by atoms with van der Waals surface area (Å²) in [5.41, 5.74) is 5.59. The average Bonchev–Trinajstić information content (AvgIpc) is 2.47. The molecule has 0 fully saturated rings. The van der Waals surface area contributed by atoms with Gasteiger partial charge in [-0.25, -0.2) is 0 Å². The van der Waals surface area contributed by atoms with Crippen LogP contribution in [-0.2, 0) is 5.60 Å². The predicted octanol–water partition coefficient (Wildman–Crippen LogP) is 2.02. The smallest absolute Gasteiger partial charge is 0.111 e. The third-order valence-electron chi connectivity index (χ3n) is 2.78. The van der Waals surface area contributed by atoms with Crippen LogP contribution < -0.4 is 5.73 Å². The zero-order valence-corrected chi connectivity index (χ0v) is 10.8. The van der Waals surface area contributed by atoms with Gasteiger partial charge in [0.25, 0.3) is 0 Å². The molecule has 4 heteroatoms. The summed E-state index contributed by atoms with van der Waals surface area (Å²) in [7, 11) is 0. The number of aliphatic hydroxyl groups is 1. The third kappa shape index (κ3) is 3.10. The van der Waals surface area contributed by atoms with E-state index in [1.54, 1.807) is 24.2 Å². The molecule has 0 aliphatic heterocycles. The van der Waals surface area contributed by atoms with Gasteiger partial charge in [-0.3, -0.25) is 4.98 Å². The van der Waals surface area contributed by atoms with Gasteiger partial charge in [-0.2, -0.15) is 0 Å². The summed E-state index contributed by atoms with van der Waals surface area (Å²) in [5.74, 6) is 0.525. The van der Waals surface area contributed by atoms with E-state index in [0.29, 0.717) is 5.75 Å². The van der Waals surface area contributed by atoms with E-state index in [9.17, 15) is 5.11 Å². The first-order valence-electron chi connectivity index (χ1n) is 5.75. The average molecular weight is 260 g/mol. The lowest BCUT2D eigenvalue weighted by molar-refractivity contribution is 0.0721. The second-order valence-electron chi connectivity index (χ2n) is 4.07. The topological polar surface area (TPSA) is 59.1 Å². The highest BCUT2D eigenvalue weighted by Crippen LogP contribution is 2.28. The van der Waals surface area contributed by atoms with Crippen LogP contribution in [0, 0.1) is 0 Å². The number of benzene rings is 1. The van der Waals surface area contributed by atoms with Crippen molar-refractivity contribution in [3.05, 3.63) is 60.4 Å². The van der Waals surface area contributed by atoms with Gasteiger partial charge >= 0.3 is 0 Å². The fraction of sp³-hybridized carbons (Fsp3) is 0.214. The molecular weight excluding hydrogens is 244 g/mol. The molecule has 2 rings (SSSR count). The van der Waals surface area contributed by atoms with Crippen LogP contribution in [-0.4, -0.2) is 22.4 Å². The van der Waals surface area contributed by atoms with E-state index in [1.165, 1.54) is 0 Å². The number of rotatable bonds is 5. The highest BCUT2D eigenvalue weighted by Gasteiger charge is 2.27. The van der Waals surface area contributed by atoms with Crippen LogP contribution in [0.15, 0.2) is 59.8 Å². The van der Waals surface area contributed by atoms with Crippen molar-refractivity contribution in [2.45, 2.75) is 10.5 Å². The summed E-state index contributed by atoms with van der Waals surface area (Å²) in [4.78, 5) is 5.04. The van der Waals surface area contributed by atoms with Crippen molar-refractivity contribution in [1.82, 2.24) is 4.98 Å². The molecule has 0 saturated heterocycles. The maximum atomic E-state index is 10.6. The van der Waals surface area contributed by atoms with Gasteiger partial charge in [-0.1, -0.05) is 30.3 Å². The van der Waals surface area contributed by atoms with E-state index in [0.717, 1.165) is 10.5 Å². The Morgan fingerprint density at radius 2 is 1.78 bits per heavy atom. The molecule has 18 heavy (non-hydrogen) atoms. The molecule has 1 atom stereocenters. The molecule has 1 aromatic carbocycles. The van der Waals surface area contributed by atoms with Crippen molar-refractivity contribution in [3.63, 3.8) is 0 Å². The molecule has 3 nitrogen and oxygen atoms in total. The molecule has 0 bridgehead atoms. The van der Waals surface area contributed by atoms with Crippen LogP contribution in [0.2, 0.25) is 0 Å². The van der Waals surface area contributed by atoms with Crippen molar-refractivity contribution >= 4 is 11.8 Å². The van der Waals surface area contributed by atoms with Gasteiger partial charge in [0.15, 0.2) is 0 Å². The quantitative estimate of drug-likeness (QED) is 0.808. The number of thioether (sulfide) groups is 1. The molecule has 3 N–H and O–H groups in total. The summed E-state index contributed by atoms with van der Waals surface area (Å²) in [6.45, 7) is 0.203. The molecule has 0 aliphatic carbocycles. The van der Waals surface area contributed by atoms with Gasteiger partial charge in [-0.15, -0.1) is 11.8 Å². The minimum absolute atomic E-state index is 0.203. The third-order valence-corrected chi connectivity index (χ3v) is 4.00. The van der Waals surface area contributed by atoms with E-state index >= 15 is 0 Å². The van der Waals surface area contributed by atoms with Crippen LogP contribution >= 0.6 is 11.8 Å². The second-order valence-corrected chi connectivity index (χ2v) is 5.12. The first-order valence-corrected chi connectivity index (χ1v) is 6.74. The summed E-state index contributed by atoms with van der Waals surface area (Å²) in [5, 5.41) is 10.6. The summed E-state index contributed by atoms with van der Waals surface area (Å²) >= 11 is 1.58. The lowest BCUT2D eigenvalue weighted by Gasteiger charge is -2.26. The number of hydrogen-bond donors (Lipinski definition) is 2. The molecule has 1 aromatic heterocycles. The van der Waals surface area contributed by atoms with E-state index in [1.807, 2.05) is 42.5 Å². The lowest BCUT2D eigenvalue weighted by atomic mass is 9.96. The fourth-order valence-electron chi connectivity index (χ4n) is 1.65. The summed E-state index contributed by atoms with van der Waals surface area (Å²) in [6, 6.07) is 13.4. The Kier molecular flexibility index (Phi) is 4.36. The Morgan fingerprint density at radius 3 is 2.39 bits per heavy atom. The van der Waals surface area contributed by atoms with Gasteiger partial charge < -0.3 is 10.8 Å². The number of nitrogens with zero attached hydrogens (tertiary/aromatic N) is 1. The monoisotopic (exact) mass is 260 g/mol. The maximum absolute atomic E-state index is 10.6. The van der Waals surface area contributed by atoms with Crippen molar-refractivity contribution in [2.75, 3.05) is 12.3 Å². The van der Waals surface area contributed by atoms with Crippen LogP contribution in [0.5, 0.6) is 0 Å². The van der Waals surface area contributed by atoms with E-state index in [-0.39, 0.29) is 6.54 Å². The Morgan fingerprint density at radius 1 is 1.11 bits per heavy atom. The molecule has 0 amide bonds. The molecule has 0 aliphatic rings. The largest absolute Gasteiger partial charge is 0.383 e. The van der Waals surface area contributed by atoms with Crippen molar-refractivity contribution in [3.8, 4) is 0 Å². The number of nitrogens with two attached hydrogens (primary N) is 1. The van der Waals surface area contributed by atoms with Crippen molar-refractivity contribution < 1.29 is 5.11 Å². The summed E-state index contributed by atoms with van der Waals surface area (Å²) < 4.78 is 0. The second kappa shape index (κ2) is 6.00. The molecule has 0 saturated carbocycles. The van der Waals surface area contributed by atoms with Gasteiger partial charge in [0.05, 0.1) is 0 Å². The van der Waals surface area contributed by atoms with E-state index < -0.39 is 5.60 Å². The van der Waals surface area contributed by atoms with Crippen LogP contribution in [0.1, 0.15) is 5.56 Å². The highest BCUT2D eigenvalue weighted by atomic mass is 32.2. The SMILES string of the molecule is NCC(O)(CSc1ccncc1)c1ccccc1. The minimum Gasteiger partial charge on any atom is -0.383 e.